The van der Waals surface area contributed by atoms with Crippen molar-refractivity contribution in [3.05, 3.63) is 34.1 Å². The molecule has 0 aliphatic carbocycles. The number of halogens is 2. The van der Waals surface area contributed by atoms with Crippen molar-refractivity contribution < 1.29 is 19.0 Å². The summed E-state index contributed by atoms with van der Waals surface area (Å²) in [5.41, 5.74) is 0.527. The molecule has 0 bridgehead atoms. The molecule has 20 heavy (non-hydrogen) atoms. The van der Waals surface area contributed by atoms with Gasteiger partial charge in [0.1, 0.15) is 5.82 Å². The minimum Gasteiger partial charge on any atom is -0.389 e. The molecule has 1 aromatic rings. The summed E-state index contributed by atoms with van der Waals surface area (Å²) in [6, 6.07) is 4.27. The lowest BCUT2D eigenvalue weighted by Gasteiger charge is -2.11. The Morgan fingerprint density at radius 3 is 2.95 bits per heavy atom. The van der Waals surface area contributed by atoms with Crippen LogP contribution in [0, 0.1) is 5.82 Å². The van der Waals surface area contributed by atoms with Crippen LogP contribution >= 0.6 is 15.9 Å². The van der Waals surface area contributed by atoms with Crippen LogP contribution < -0.4 is 10.6 Å². The van der Waals surface area contributed by atoms with E-state index in [0.29, 0.717) is 18.5 Å². The van der Waals surface area contributed by atoms with Gasteiger partial charge < -0.3 is 20.5 Å². The highest BCUT2D eigenvalue weighted by Gasteiger charge is 2.07. The first-order valence-corrected chi connectivity index (χ1v) is 6.95. The van der Waals surface area contributed by atoms with E-state index >= 15 is 0 Å². The summed E-state index contributed by atoms with van der Waals surface area (Å²) < 4.78 is 19.0. The van der Waals surface area contributed by atoms with Gasteiger partial charge in [-0.2, -0.15) is 0 Å². The second kappa shape index (κ2) is 8.89. The molecule has 112 valence electrons. The van der Waals surface area contributed by atoms with Crippen LogP contribution in [-0.2, 0) is 11.2 Å². The molecule has 0 fully saturated rings. The highest BCUT2D eigenvalue weighted by atomic mass is 79.9. The third-order valence-corrected chi connectivity index (χ3v) is 3.04. The lowest BCUT2D eigenvalue weighted by Crippen LogP contribution is -2.41. The van der Waals surface area contributed by atoms with Crippen molar-refractivity contribution >= 4 is 22.0 Å². The molecule has 1 rings (SSSR count). The molecule has 0 saturated heterocycles. The van der Waals surface area contributed by atoms with Gasteiger partial charge in [-0.15, -0.1) is 0 Å². The van der Waals surface area contributed by atoms with Crippen LogP contribution in [0.25, 0.3) is 0 Å². The monoisotopic (exact) mass is 348 g/mol. The number of methoxy groups -OCH3 is 1. The van der Waals surface area contributed by atoms with Gasteiger partial charge in [-0.3, -0.25) is 0 Å². The zero-order chi connectivity index (χ0) is 15.0. The zero-order valence-corrected chi connectivity index (χ0v) is 12.7. The van der Waals surface area contributed by atoms with Gasteiger partial charge in [0.2, 0.25) is 0 Å². The molecular weight excluding hydrogens is 331 g/mol. The van der Waals surface area contributed by atoms with E-state index in [1.807, 2.05) is 0 Å². The van der Waals surface area contributed by atoms with Gasteiger partial charge >= 0.3 is 6.03 Å². The molecule has 0 saturated carbocycles. The Morgan fingerprint density at radius 1 is 1.50 bits per heavy atom. The van der Waals surface area contributed by atoms with Crippen molar-refractivity contribution in [3.8, 4) is 0 Å². The molecule has 0 aliphatic rings. The maximum absolute atomic E-state index is 13.4. The maximum Gasteiger partial charge on any atom is 0.314 e. The standard InChI is InChI=1S/C13H18BrFN2O3/c1-20-8-11(18)7-17-13(19)16-5-4-9-6-10(14)2-3-12(9)15/h2-3,6,11,18H,4-5,7-8H2,1H3,(H2,16,17,19)/t11-/m0/s1. The van der Waals surface area contributed by atoms with Crippen molar-refractivity contribution in [3.63, 3.8) is 0 Å². The molecular formula is C13H18BrFN2O3. The molecule has 7 heteroatoms. The lowest BCUT2D eigenvalue weighted by atomic mass is 10.1. The number of urea groups is 1. The van der Waals surface area contributed by atoms with Gasteiger partial charge in [-0.05, 0) is 30.2 Å². The predicted octanol–water partition coefficient (Wildman–Crippen LogP) is 1.44. The summed E-state index contributed by atoms with van der Waals surface area (Å²) in [4.78, 5) is 11.4. The number of hydrogen-bond acceptors (Lipinski definition) is 3. The first kappa shape index (κ1) is 16.9. The molecule has 3 N–H and O–H groups in total. The summed E-state index contributed by atoms with van der Waals surface area (Å²) in [6.07, 6.45) is -0.354. The lowest BCUT2D eigenvalue weighted by molar-refractivity contribution is 0.0660. The highest BCUT2D eigenvalue weighted by Crippen LogP contribution is 2.15. The van der Waals surface area contributed by atoms with Crippen LogP contribution in [0.2, 0.25) is 0 Å². The number of nitrogens with one attached hydrogen (secondary N) is 2. The van der Waals surface area contributed by atoms with Crippen molar-refractivity contribution in [2.75, 3.05) is 26.8 Å². The van der Waals surface area contributed by atoms with E-state index in [-0.39, 0.29) is 19.0 Å². The Balaban J connectivity index is 2.26. The molecule has 0 heterocycles. The van der Waals surface area contributed by atoms with E-state index < -0.39 is 12.1 Å². The topological polar surface area (TPSA) is 70.6 Å². The van der Waals surface area contributed by atoms with Crippen molar-refractivity contribution in [1.29, 1.82) is 0 Å². The first-order chi connectivity index (χ1) is 9.52. The fourth-order valence-corrected chi connectivity index (χ4v) is 1.98. The van der Waals surface area contributed by atoms with Crippen LogP contribution in [0.15, 0.2) is 22.7 Å². The molecule has 0 aromatic heterocycles. The fraction of sp³-hybridized carbons (Fsp3) is 0.462. The zero-order valence-electron chi connectivity index (χ0n) is 11.2. The highest BCUT2D eigenvalue weighted by molar-refractivity contribution is 9.10. The van der Waals surface area contributed by atoms with Gasteiger partial charge in [0.05, 0.1) is 12.7 Å². The Hall–Kier alpha value is -1.18. The fourth-order valence-electron chi connectivity index (χ4n) is 1.57. The summed E-state index contributed by atoms with van der Waals surface area (Å²) in [6.45, 7) is 0.564. The van der Waals surface area contributed by atoms with Gasteiger partial charge in [-0.25, -0.2) is 9.18 Å². The molecule has 2 amide bonds. The molecule has 0 aliphatic heterocycles. The van der Waals surface area contributed by atoms with Crippen LogP contribution in [0.3, 0.4) is 0 Å². The number of benzene rings is 1. The van der Waals surface area contributed by atoms with Crippen molar-refractivity contribution in [2.45, 2.75) is 12.5 Å². The smallest absolute Gasteiger partial charge is 0.314 e. The second-order valence-corrected chi connectivity index (χ2v) is 5.15. The van der Waals surface area contributed by atoms with Crippen LogP contribution in [0.5, 0.6) is 0 Å². The van der Waals surface area contributed by atoms with E-state index in [1.54, 1.807) is 12.1 Å². The van der Waals surface area contributed by atoms with Gasteiger partial charge in [0.25, 0.3) is 0 Å². The third kappa shape index (κ3) is 6.31. The second-order valence-electron chi connectivity index (χ2n) is 4.23. The molecule has 5 nitrogen and oxygen atoms in total. The van der Waals surface area contributed by atoms with Gasteiger partial charge in [0, 0.05) is 24.7 Å². The number of aliphatic hydroxyl groups excluding tert-OH is 1. The molecule has 1 atom stereocenters. The Labute approximate surface area is 125 Å². The summed E-state index contributed by atoms with van der Waals surface area (Å²) in [5.74, 6) is -0.300. The average molecular weight is 349 g/mol. The Kier molecular flexibility index (Phi) is 7.50. The largest absolute Gasteiger partial charge is 0.389 e. The number of hydrogen-bond donors (Lipinski definition) is 3. The number of aliphatic hydroxyl groups is 1. The average Bonchev–Trinajstić information content (AvgIpc) is 2.41. The number of rotatable bonds is 7. The van der Waals surface area contributed by atoms with Crippen molar-refractivity contribution in [2.24, 2.45) is 0 Å². The molecule has 0 unspecified atom stereocenters. The molecule has 0 spiro atoms. The van der Waals surface area contributed by atoms with E-state index in [9.17, 15) is 14.3 Å². The van der Waals surface area contributed by atoms with Crippen LogP contribution in [0.4, 0.5) is 9.18 Å². The molecule has 1 aromatic carbocycles. The van der Waals surface area contributed by atoms with Gasteiger partial charge in [-0.1, -0.05) is 15.9 Å². The number of ether oxygens (including phenoxy) is 1. The first-order valence-electron chi connectivity index (χ1n) is 6.15. The SMILES string of the molecule is COC[C@@H](O)CNC(=O)NCCc1cc(Br)ccc1F. The van der Waals surface area contributed by atoms with Crippen molar-refractivity contribution in [1.82, 2.24) is 10.6 Å². The van der Waals surface area contributed by atoms with Crippen LogP contribution in [0.1, 0.15) is 5.56 Å². The quantitative estimate of drug-likeness (QED) is 0.698. The third-order valence-electron chi connectivity index (χ3n) is 2.54. The van der Waals surface area contributed by atoms with E-state index in [0.717, 1.165) is 4.47 Å². The van der Waals surface area contributed by atoms with Crippen LogP contribution in [-0.4, -0.2) is 44.0 Å². The minimum absolute atomic E-state index is 0.102. The number of carbonyl (C=O) groups is 1. The Bertz CT molecular complexity index is 446. The normalized spacial score (nSPS) is 12.0. The summed E-state index contributed by atoms with van der Waals surface area (Å²) in [5, 5.41) is 14.4. The van der Waals surface area contributed by atoms with E-state index in [1.165, 1.54) is 13.2 Å². The maximum atomic E-state index is 13.4. The summed E-state index contributed by atoms with van der Waals surface area (Å²) in [7, 11) is 1.47. The van der Waals surface area contributed by atoms with E-state index in [2.05, 4.69) is 26.6 Å². The summed E-state index contributed by atoms with van der Waals surface area (Å²) >= 11 is 3.27. The predicted molar refractivity (Wildman–Crippen MR) is 77.1 cm³/mol. The molecule has 0 radical (unpaired) electrons. The number of carbonyl (C=O) groups excluding carboxylic acids is 1. The minimum atomic E-state index is -0.742. The number of amides is 2. The van der Waals surface area contributed by atoms with E-state index in [4.69, 9.17) is 4.74 Å². The Morgan fingerprint density at radius 2 is 2.25 bits per heavy atom. The van der Waals surface area contributed by atoms with Gasteiger partial charge in [0.15, 0.2) is 0 Å².